The molecule has 3 aromatic rings. The molecule has 0 bridgehead atoms. The predicted molar refractivity (Wildman–Crippen MR) is 131 cm³/mol. The first kappa shape index (κ1) is 21.8. The monoisotopic (exact) mass is 430 g/mol. The van der Waals surface area contributed by atoms with Crippen molar-refractivity contribution in [2.75, 3.05) is 0 Å². The van der Waals surface area contributed by atoms with Crippen LogP contribution in [0.25, 0.3) is 19.5 Å². The maximum Gasteiger partial charge on any atom is 0.0477 e. The molecule has 3 heterocycles. The van der Waals surface area contributed by atoms with Gasteiger partial charge in [-0.3, -0.25) is 0 Å². The van der Waals surface area contributed by atoms with E-state index in [9.17, 15) is 0 Å². The molecule has 3 aromatic heterocycles. The van der Waals surface area contributed by atoms with Crippen LogP contribution in [0.15, 0.2) is 24.3 Å². The molecule has 0 aliphatic carbocycles. The van der Waals surface area contributed by atoms with Gasteiger partial charge in [-0.15, -0.1) is 34.0 Å². The minimum atomic E-state index is 1.24. The summed E-state index contributed by atoms with van der Waals surface area (Å²) in [5.74, 6) is 0. The predicted octanol–water partition coefficient (Wildman–Crippen LogP) is 9.81. The minimum Gasteiger partial charge on any atom is -0.139 e. The normalized spacial score (nSPS) is 11.4. The second-order valence-corrected chi connectivity index (χ2v) is 11.6. The van der Waals surface area contributed by atoms with Crippen LogP contribution in [0.1, 0.15) is 79.2 Å². The van der Waals surface area contributed by atoms with E-state index in [2.05, 4.69) is 52.0 Å². The topological polar surface area (TPSA) is 0 Å². The second kappa shape index (κ2) is 10.8. The smallest absolute Gasteiger partial charge is 0.0477 e. The molecule has 0 aliphatic rings. The lowest BCUT2D eigenvalue weighted by Gasteiger charge is -2.03. The van der Waals surface area contributed by atoms with Crippen LogP contribution < -0.4 is 0 Å². The number of unbranched alkanes of at least 4 members (excludes halogenated alkanes) is 7. The number of thiophene rings is 3. The van der Waals surface area contributed by atoms with Gasteiger partial charge in [0.25, 0.3) is 0 Å². The molecule has 0 fully saturated rings. The van der Waals surface area contributed by atoms with E-state index >= 15 is 0 Å². The van der Waals surface area contributed by atoms with Gasteiger partial charge >= 0.3 is 0 Å². The SMILES string of the molecule is CCCCCCCCCCc1cc(C)sc1-c1ccc(-c2sc(C)cc2C)s1. The molecule has 0 amide bonds. The van der Waals surface area contributed by atoms with Crippen molar-refractivity contribution in [3.63, 3.8) is 0 Å². The Labute approximate surface area is 183 Å². The lowest BCUT2D eigenvalue weighted by atomic mass is 10.0. The van der Waals surface area contributed by atoms with Crippen molar-refractivity contribution in [2.24, 2.45) is 0 Å². The van der Waals surface area contributed by atoms with Crippen molar-refractivity contribution in [1.29, 1.82) is 0 Å². The zero-order valence-corrected chi connectivity index (χ0v) is 20.3. The van der Waals surface area contributed by atoms with Crippen molar-refractivity contribution in [2.45, 2.75) is 85.5 Å². The zero-order valence-electron chi connectivity index (χ0n) is 17.9. The highest BCUT2D eigenvalue weighted by molar-refractivity contribution is 7.26. The number of rotatable bonds is 11. The summed E-state index contributed by atoms with van der Waals surface area (Å²) in [4.78, 5) is 8.70. The summed E-state index contributed by atoms with van der Waals surface area (Å²) in [5.41, 5.74) is 2.98. The van der Waals surface area contributed by atoms with Gasteiger partial charge < -0.3 is 0 Å². The Hall–Kier alpha value is -0.900. The third-order valence-corrected chi connectivity index (χ3v) is 9.02. The number of hydrogen-bond acceptors (Lipinski definition) is 3. The standard InChI is InChI=1S/C25H34S3/c1-5-6-7-8-9-10-11-12-13-21-17-20(4)27-25(21)23-15-14-22(28-23)24-18(2)16-19(3)26-24/h14-17H,5-13H2,1-4H3. The van der Waals surface area contributed by atoms with Gasteiger partial charge in [-0.25, -0.2) is 0 Å². The van der Waals surface area contributed by atoms with Crippen molar-refractivity contribution in [1.82, 2.24) is 0 Å². The molecule has 0 spiro atoms. The summed E-state index contributed by atoms with van der Waals surface area (Å²) >= 11 is 5.87. The van der Waals surface area contributed by atoms with Gasteiger partial charge in [0.1, 0.15) is 0 Å². The van der Waals surface area contributed by atoms with E-state index < -0.39 is 0 Å². The van der Waals surface area contributed by atoms with Crippen molar-refractivity contribution in [3.05, 3.63) is 45.1 Å². The molecule has 0 aromatic carbocycles. The number of hydrogen-bond donors (Lipinski definition) is 0. The molecule has 0 saturated heterocycles. The van der Waals surface area contributed by atoms with Crippen LogP contribution >= 0.6 is 34.0 Å². The van der Waals surface area contributed by atoms with Gasteiger partial charge in [0.05, 0.1) is 0 Å². The zero-order chi connectivity index (χ0) is 19.9. The minimum absolute atomic E-state index is 1.24. The third kappa shape index (κ3) is 5.81. The van der Waals surface area contributed by atoms with E-state index in [1.54, 1.807) is 5.56 Å². The molecular formula is C25H34S3. The first-order valence-electron chi connectivity index (χ1n) is 10.9. The molecule has 0 saturated carbocycles. The molecule has 3 rings (SSSR count). The van der Waals surface area contributed by atoms with E-state index in [1.807, 2.05) is 34.0 Å². The molecule has 152 valence electrons. The van der Waals surface area contributed by atoms with Crippen LogP contribution in [0.5, 0.6) is 0 Å². The second-order valence-electron chi connectivity index (χ2n) is 7.97. The average Bonchev–Trinajstić information content (AvgIpc) is 3.35. The summed E-state index contributed by atoms with van der Waals surface area (Å²) in [6, 6.07) is 9.41. The first-order chi connectivity index (χ1) is 13.6. The van der Waals surface area contributed by atoms with E-state index in [0.717, 1.165) is 0 Å². The van der Waals surface area contributed by atoms with E-state index in [-0.39, 0.29) is 0 Å². The third-order valence-electron chi connectivity index (χ3n) is 5.33. The lowest BCUT2D eigenvalue weighted by Crippen LogP contribution is -1.86. The fourth-order valence-electron chi connectivity index (χ4n) is 3.88. The quantitative estimate of drug-likeness (QED) is 0.265. The maximum absolute atomic E-state index is 2.43. The summed E-state index contributed by atoms with van der Waals surface area (Å²) in [7, 11) is 0. The van der Waals surface area contributed by atoms with Crippen LogP contribution in [-0.4, -0.2) is 0 Å². The Morgan fingerprint density at radius 2 is 1.21 bits per heavy atom. The Balaban J connectivity index is 1.59. The van der Waals surface area contributed by atoms with Crippen LogP contribution in [0.2, 0.25) is 0 Å². The van der Waals surface area contributed by atoms with Crippen molar-refractivity contribution >= 4 is 34.0 Å². The van der Waals surface area contributed by atoms with Crippen LogP contribution in [-0.2, 0) is 6.42 Å². The van der Waals surface area contributed by atoms with E-state index in [4.69, 9.17) is 0 Å². The Morgan fingerprint density at radius 1 is 0.643 bits per heavy atom. The summed E-state index contributed by atoms with van der Waals surface area (Å²) in [6.45, 7) is 8.99. The molecule has 0 atom stereocenters. The number of aryl methyl sites for hydroxylation is 4. The molecule has 0 nitrogen and oxygen atoms in total. The van der Waals surface area contributed by atoms with Gasteiger partial charge in [-0.2, -0.15) is 0 Å². The highest BCUT2D eigenvalue weighted by atomic mass is 32.1. The largest absolute Gasteiger partial charge is 0.139 e. The fourth-order valence-corrected chi connectivity index (χ4v) is 7.30. The molecular weight excluding hydrogens is 396 g/mol. The molecule has 0 radical (unpaired) electrons. The van der Waals surface area contributed by atoms with Gasteiger partial charge in [0, 0.05) is 29.3 Å². The Morgan fingerprint density at radius 3 is 1.86 bits per heavy atom. The van der Waals surface area contributed by atoms with Gasteiger partial charge in [0.15, 0.2) is 0 Å². The summed E-state index contributed by atoms with van der Waals surface area (Å²) in [6.07, 6.45) is 12.4. The van der Waals surface area contributed by atoms with Gasteiger partial charge in [-0.05, 0) is 69.0 Å². The highest BCUT2D eigenvalue weighted by Gasteiger charge is 2.14. The summed E-state index contributed by atoms with van der Waals surface area (Å²) in [5, 5.41) is 0. The molecule has 0 unspecified atom stereocenters. The molecule has 0 N–H and O–H groups in total. The van der Waals surface area contributed by atoms with Crippen molar-refractivity contribution in [3.8, 4) is 19.5 Å². The van der Waals surface area contributed by atoms with Gasteiger partial charge in [-0.1, -0.05) is 51.9 Å². The summed E-state index contributed by atoms with van der Waals surface area (Å²) < 4.78 is 0. The molecule has 3 heteroatoms. The highest BCUT2D eigenvalue weighted by Crippen LogP contribution is 2.43. The molecule has 28 heavy (non-hydrogen) atoms. The average molecular weight is 431 g/mol. The Kier molecular flexibility index (Phi) is 8.37. The van der Waals surface area contributed by atoms with Crippen LogP contribution in [0.3, 0.4) is 0 Å². The van der Waals surface area contributed by atoms with Gasteiger partial charge in [0.2, 0.25) is 0 Å². The lowest BCUT2D eigenvalue weighted by molar-refractivity contribution is 0.576. The maximum atomic E-state index is 2.43. The van der Waals surface area contributed by atoms with E-state index in [0.29, 0.717) is 0 Å². The van der Waals surface area contributed by atoms with Crippen LogP contribution in [0.4, 0.5) is 0 Å². The van der Waals surface area contributed by atoms with E-state index in [1.165, 1.54) is 92.6 Å². The first-order valence-corrected chi connectivity index (χ1v) is 13.3. The van der Waals surface area contributed by atoms with Crippen molar-refractivity contribution < 1.29 is 0 Å². The Bertz CT molecular complexity index is 862. The van der Waals surface area contributed by atoms with Crippen LogP contribution in [0, 0.1) is 20.8 Å². The fraction of sp³-hybridized carbons (Fsp3) is 0.520. The molecule has 0 aliphatic heterocycles.